The van der Waals surface area contributed by atoms with E-state index in [0.29, 0.717) is 28.2 Å². The lowest BCUT2D eigenvalue weighted by molar-refractivity contribution is 0.0733. The molecule has 0 saturated carbocycles. The summed E-state index contributed by atoms with van der Waals surface area (Å²) in [6, 6.07) is 10.4. The zero-order valence-corrected chi connectivity index (χ0v) is 18.0. The van der Waals surface area contributed by atoms with Crippen molar-refractivity contribution in [1.82, 2.24) is 0 Å². The van der Waals surface area contributed by atoms with Crippen LogP contribution in [0.2, 0.25) is 0 Å². The Morgan fingerprint density at radius 1 is 1.03 bits per heavy atom. The molecule has 0 radical (unpaired) electrons. The summed E-state index contributed by atoms with van der Waals surface area (Å²) in [4.78, 5) is 25.2. The number of rotatable bonds is 8. The Hall–Kier alpha value is -3.08. The number of hydrogen-bond donors (Lipinski definition) is 0. The van der Waals surface area contributed by atoms with Gasteiger partial charge in [0.1, 0.15) is 17.1 Å². The van der Waals surface area contributed by atoms with E-state index < -0.39 is 5.97 Å². The molecule has 0 spiro atoms. The molecule has 158 valence electrons. The fraction of sp³-hybridized carbons (Fsp3) is 0.360. The fourth-order valence-corrected chi connectivity index (χ4v) is 3.61. The van der Waals surface area contributed by atoms with Gasteiger partial charge in [-0.3, -0.25) is 0 Å². The van der Waals surface area contributed by atoms with E-state index in [2.05, 4.69) is 6.92 Å². The monoisotopic (exact) mass is 408 g/mol. The Bertz CT molecular complexity index is 1110. The summed E-state index contributed by atoms with van der Waals surface area (Å²) in [5.74, 6) is 0.448. The number of hydrogen-bond acceptors (Lipinski definition) is 5. The third-order valence-corrected chi connectivity index (χ3v) is 5.44. The molecule has 0 unspecified atom stereocenters. The lowest BCUT2D eigenvalue weighted by Gasteiger charge is -2.13. The SMILES string of the molecule is CCCCCCc1c(C)c2ccc(OC(=O)c3cccc(OC)c3)c(C)c2oc1=O. The molecule has 5 heteroatoms. The average Bonchev–Trinajstić information content (AvgIpc) is 2.75. The first kappa shape index (κ1) is 21.6. The molecule has 30 heavy (non-hydrogen) atoms. The molecule has 0 aliphatic carbocycles. The van der Waals surface area contributed by atoms with Crippen molar-refractivity contribution < 1.29 is 18.7 Å². The minimum atomic E-state index is -0.497. The van der Waals surface area contributed by atoms with Gasteiger partial charge in [-0.1, -0.05) is 32.3 Å². The maximum absolute atomic E-state index is 12.6. The predicted molar refractivity (Wildman–Crippen MR) is 118 cm³/mol. The van der Waals surface area contributed by atoms with Gasteiger partial charge >= 0.3 is 11.6 Å². The van der Waals surface area contributed by atoms with Crippen LogP contribution in [-0.4, -0.2) is 13.1 Å². The Labute approximate surface area is 176 Å². The molecule has 0 aliphatic heterocycles. The van der Waals surface area contributed by atoms with Gasteiger partial charge in [-0.25, -0.2) is 9.59 Å². The maximum atomic E-state index is 12.6. The number of carbonyl (C=O) groups excluding carboxylic acids is 1. The van der Waals surface area contributed by atoms with Crippen LogP contribution in [-0.2, 0) is 6.42 Å². The number of ether oxygens (including phenoxy) is 2. The van der Waals surface area contributed by atoms with Crippen molar-refractivity contribution in [2.24, 2.45) is 0 Å². The lowest BCUT2D eigenvalue weighted by Crippen LogP contribution is -2.12. The highest BCUT2D eigenvalue weighted by molar-refractivity contribution is 5.93. The molecule has 1 heterocycles. The van der Waals surface area contributed by atoms with Gasteiger partial charge in [0.05, 0.1) is 12.7 Å². The van der Waals surface area contributed by atoms with Crippen LogP contribution in [0.4, 0.5) is 0 Å². The van der Waals surface area contributed by atoms with E-state index in [4.69, 9.17) is 13.9 Å². The molecule has 2 aromatic carbocycles. The third kappa shape index (κ3) is 4.56. The molecular formula is C25H28O5. The highest BCUT2D eigenvalue weighted by Crippen LogP contribution is 2.30. The van der Waals surface area contributed by atoms with E-state index in [1.54, 1.807) is 44.4 Å². The van der Waals surface area contributed by atoms with Gasteiger partial charge in [-0.05, 0) is 62.6 Å². The predicted octanol–water partition coefficient (Wildman–Crippen LogP) is 5.76. The molecule has 0 bridgehead atoms. The van der Waals surface area contributed by atoms with Crippen LogP contribution in [0.5, 0.6) is 11.5 Å². The van der Waals surface area contributed by atoms with Gasteiger partial charge in [0.2, 0.25) is 0 Å². The molecule has 3 rings (SSSR count). The van der Waals surface area contributed by atoms with Crippen molar-refractivity contribution in [2.45, 2.75) is 52.9 Å². The second kappa shape index (κ2) is 9.61. The Kier molecular flexibility index (Phi) is 6.93. The standard InChI is InChI=1S/C25H28O5/c1-5-6-7-8-12-21-16(2)20-13-14-22(17(3)23(20)30-25(21)27)29-24(26)18-10-9-11-19(15-18)28-4/h9-11,13-15H,5-8,12H2,1-4H3. The number of carbonyl (C=O) groups is 1. The first-order valence-electron chi connectivity index (χ1n) is 10.4. The molecule has 0 amide bonds. The number of methoxy groups -OCH3 is 1. The molecular weight excluding hydrogens is 380 g/mol. The van der Waals surface area contributed by atoms with Crippen LogP contribution in [0.1, 0.15) is 59.7 Å². The van der Waals surface area contributed by atoms with Gasteiger partial charge in [-0.2, -0.15) is 0 Å². The van der Waals surface area contributed by atoms with Crippen molar-refractivity contribution in [1.29, 1.82) is 0 Å². The largest absolute Gasteiger partial charge is 0.497 e. The summed E-state index contributed by atoms with van der Waals surface area (Å²) >= 11 is 0. The van der Waals surface area contributed by atoms with Crippen LogP contribution in [0.25, 0.3) is 11.0 Å². The van der Waals surface area contributed by atoms with Crippen molar-refractivity contribution >= 4 is 16.9 Å². The summed E-state index contributed by atoms with van der Waals surface area (Å²) < 4.78 is 16.4. The van der Waals surface area contributed by atoms with Gasteiger partial charge in [0.15, 0.2) is 0 Å². The van der Waals surface area contributed by atoms with E-state index in [1.165, 1.54) is 6.42 Å². The summed E-state index contributed by atoms with van der Waals surface area (Å²) in [6.45, 7) is 5.91. The van der Waals surface area contributed by atoms with Gasteiger partial charge in [-0.15, -0.1) is 0 Å². The van der Waals surface area contributed by atoms with Crippen molar-refractivity contribution in [3.8, 4) is 11.5 Å². The highest BCUT2D eigenvalue weighted by atomic mass is 16.5. The van der Waals surface area contributed by atoms with Gasteiger partial charge in [0, 0.05) is 16.5 Å². The first-order valence-corrected chi connectivity index (χ1v) is 10.4. The topological polar surface area (TPSA) is 65.7 Å². The third-order valence-electron chi connectivity index (χ3n) is 5.44. The summed E-state index contributed by atoms with van der Waals surface area (Å²) in [5.41, 5.74) is 2.84. The van der Waals surface area contributed by atoms with Crippen molar-refractivity contribution in [2.75, 3.05) is 7.11 Å². The number of unbranched alkanes of at least 4 members (excludes halogenated alkanes) is 3. The van der Waals surface area contributed by atoms with E-state index in [-0.39, 0.29) is 5.63 Å². The number of aryl methyl sites for hydroxylation is 2. The molecule has 0 atom stereocenters. The summed E-state index contributed by atoms with van der Waals surface area (Å²) in [7, 11) is 1.54. The fourth-order valence-electron chi connectivity index (χ4n) is 3.61. The molecule has 5 nitrogen and oxygen atoms in total. The normalized spacial score (nSPS) is 10.9. The van der Waals surface area contributed by atoms with E-state index in [0.717, 1.165) is 42.2 Å². The van der Waals surface area contributed by atoms with E-state index in [9.17, 15) is 9.59 Å². The Morgan fingerprint density at radius 3 is 2.57 bits per heavy atom. The number of fused-ring (bicyclic) bond motifs is 1. The van der Waals surface area contributed by atoms with Crippen LogP contribution in [0, 0.1) is 13.8 Å². The second-order valence-corrected chi connectivity index (χ2v) is 7.49. The molecule has 3 aromatic rings. The minimum Gasteiger partial charge on any atom is -0.497 e. The quantitative estimate of drug-likeness (QED) is 0.205. The molecule has 1 aromatic heterocycles. The van der Waals surface area contributed by atoms with Crippen LogP contribution < -0.4 is 15.1 Å². The van der Waals surface area contributed by atoms with E-state index >= 15 is 0 Å². The molecule has 0 N–H and O–H groups in total. The highest BCUT2D eigenvalue weighted by Gasteiger charge is 2.17. The average molecular weight is 408 g/mol. The Balaban J connectivity index is 1.90. The molecule has 0 saturated heterocycles. The number of esters is 1. The van der Waals surface area contributed by atoms with Crippen LogP contribution in [0.15, 0.2) is 45.6 Å². The van der Waals surface area contributed by atoms with Crippen molar-refractivity contribution in [3.05, 3.63) is 69.1 Å². The first-order chi connectivity index (χ1) is 14.5. The summed E-state index contributed by atoms with van der Waals surface area (Å²) in [5, 5.41) is 0.874. The zero-order chi connectivity index (χ0) is 21.7. The van der Waals surface area contributed by atoms with E-state index in [1.807, 2.05) is 13.0 Å². The smallest absolute Gasteiger partial charge is 0.343 e. The van der Waals surface area contributed by atoms with Crippen molar-refractivity contribution in [3.63, 3.8) is 0 Å². The van der Waals surface area contributed by atoms with Gasteiger partial charge in [0.25, 0.3) is 0 Å². The molecule has 0 aliphatic rings. The Morgan fingerprint density at radius 2 is 1.83 bits per heavy atom. The lowest BCUT2D eigenvalue weighted by atomic mass is 9.99. The summed E-state index contributed by atoms with van der Waals surface area (Å²) in [6.07, 6.45) is 5.11. The van der Waals surface area contributed by atoms with Gasteiger partial charge < -0.3 is 13.9 Å². The number of benzene rings is 2. The van der Waals surface area contributed by atoms with Crippen LogP contribution in [0.3, 0.4) is 0 Å². The molecule has 0 fully saturated rings. The second-order valence-electron chi connectivity index (χ2n) is 7.49. The zero-order valence-electron chi connectivity index (χ0n) is 18.0. The minimum absolute atomic E-state index is 0.309. The van der Waals surface area contributed by atoms with Crippen LogP contribution >= 0.6 is 0 Å². The maximum Gasteiger partial charge on any atom is 0.343 e.